The molecule has 0 aliphatic carbocycles. The maximum atomic E-state index is 12.7. The van der Waals surface area contributed by atoms with E-state index < -0.39 is 5.97 Å². The number of aromatic nitrogens is 2. The smallest absolute Gasteiger partial charge is 0.303 e. The van der Waals surface area contributed by atoms with Gasteiger partial charge in [0, 0.05) is 19.4 Å². The van der Waals surface area contributed by atoms with Gasteiger partial charge in [-0.15, -0.1) is 0 Å². The van der Waals surface area contributed by atoms with Crippen molar-refractivity contribution in [2.75, 3.05) is 11.4 Å². The van der Waals surface area contributed by atoms with Crippen molar-refractivity contribution in [1.29, 1.82) is 0 Å². The van der Waals surface area contributed by atoms with Gasteiger partial charge in [-0.25, -0.2) is 4.98 Å². The zero-order valence-corrected chi connectivity index (χ0v) is 16.6. The van der Waals surface area contributed by atoms with Crippen LogP contribution in [0.25, 0.3) is 10.3 Å². The molecule has 2 heterocycles. The zero-order valence-electron chi connectivity index (χ0n) is 15.0. The number of carboxylic acids is 1. The number of hydrogen-bond acceptors (Lipinski definition) is 5. The number of unbranched alkanes of at least 4 members (excludes halogenated alkanes) is 4. The molecule has 0 saturated heterocycles. The van der Waals surface area contributed by atoms with Crippen molar-refractivity contribution in [3.05, 3.63) is 16.1 Å². The Bertz CT molecular complexity index is 800. The lowest BCUT2D eigenvalue weighted by Gasteiger charge is -2.22. The van der Waals surface area contributed by atoms with Crippen LogP contribution in [0.3, 0.4) is 0 Å². The van der Waals surface area contributed by atoms with Crippen molar-refractivity contribution >= 4 is 51.6 Å². The Kier molecular flexibility index (Phi) is 8.18. The standard InChI is InChI=1S/C18H25N3O3S2/c1-2-3-4-5-8-15(22)21(12-7-6-9-16(23)24)14-11-10-13-17(20-14)26-18(25)19-13/h10-11H,2-9,12H2,1H3,(H,19,25)(H,23,24). The SMILES string of the molecule is CCCCCCC(=O)N(CCCCC(=O)O)c1ccc2[nH]c(=S)sc2n1. The lowest BCUT2D eigenvalue weighted by molar-refractivity contribution is -0.137. The Hall–Kier alpha value is -1.80. The van der Waals surface area contributed by atoms with E-state index in [1.54, 1.807) is 4.90 Å². The second kappa shape index (κ2) is 10.4. The number of carbonyl (C=O) groups is 2. The first-order valence-corrected chi connectivity index (χ1v) is 10.3. The molecule has 2 aromatic heterocycles. The van der Waals surface area contributed by atoms with E-state index in [0.717, 1.165) is 36.0 Å². The van der Waals surface area contributed by atoms with E-state index in [0.29, 0.717) is 35.6 Å². The summed E-state index contributed by atoms with van der Waals surface area (Å²) in [4.78, 5) is 33.5. The molecule has 1 amide bonds. The largest absolute Gasteiger partial charge is 0.481 e. The Labute approximate surface area is 162 Å². The third kappa shape index (κ3) is 6.17. The summed E-state index contributed by atoms with van der Waals surface area (Å²) in [5, 5.41) is 8.79. The van der Waals surface area contributed by atoms with Crippen LogP contribution in [0.15, 0.2) is 12.1 Å². The zero-order chi connectivity index (χ0) is 18.9. The van der Waals surface area contributed by atoms with Crippen LogP contribution in [0.5, 0.6) is 0 Å². The summed E-state index contributed by atoms with van der Waals surface area (Å²) >= 11 is 6.54. The summed E-state index contributed by atoms with van der Waals surface area (Å²) in [5.74, 6) is -0.157. The van der Waals surface area contributed by atoms with E-state index in [2.05, 4.69) is 16.9 Å². The molecule has 2 rings (SSSR count). The molecule has 0 spiro atoms. The highest BCUT2D eigenvalue weighted by Crippen LogP contribution is 2.23. The van der Waals surface area contributed by atoms with Crippen LogP contribution in [0.1, 0.15) is 58.3 Å². The van der Waals surface area contributed by atoms with Gasteiger partial charge >= 0.3 is 5.97 Å². The maximum Gasteiger partial charge on any atom is 0.303 e. The molecule has 0 aromatic carbocycles. The highest BCUT2D eigenvalue weighted by atomic mass is 32.1. The van der Waals surface area contributed by atoms with Crippen LogP contribution < -0.4 is 4.90 Å². The lowest BCUT2D eigenvalue weighted by atomic mass is 10.1. The first-order chi connectivity index (χ1) is 12.5. The molecule has 0 fully saturated rings. The molecule has 26 heavy (non-hydrogen) atoms. The van der Waals surface area contributed by atoms with E-state index >= 15 is 0 Å². The molecule has 0 radical (unpaired) electrons. The van der Waals surface area contributed by atoms with E-state index in [9.17, 15) is 9.59 Å². The maximum absolute atomic E-state index is 12.7. The van der Waals surface area contributed by atoms with E-state index in [1.807, 2.05) is 12.1 Å². The number of pyridine rings is 1. The van der Waals surface area contributed by atoms with Gasteiger partial charge in [-0.2, -0.15) is 0 Å². The van der Waals surface area contributed by atoms with Crippen LogP contribution in [0.2, 0.25) is 0 Å². The van der Waals surface area contributed by atoms with Crippen LogP contribution in [0.4, 0.5) is 5.82 Å². The molecule has 2 N–H and O–H groups in total. The minimum atomic E-state index is -0.811. The van der Waals surface area contributed by atoms with Gasteiger partial charge in [-0.1, -0.05) is 37.5 Å². The Morgan fingerprint density at radius 2 is 1.96 bits per heavy atom. The van der Waals surface area contributed by atoms with Crippen molar-refractivity contribution < 1.29 is 14.7 Å². The first-order valence-electron chi connectivity index (χ1n) is 9.03. The number of aliphatic carboxylic acids is 1. The van der Waals surface area contributed by atoms with Gasteiger partial charge in [0.1, 0.15) is 10.6 Å². The molecule has 0 saturated carbocycles. The van der Waals surface area contributed by atoms with Crippen molar-refractivity contribution in [3.8, 4) is 0 Å². The predicted octanol–water partition coefficient (Wildman–Crippen LogP) is 4.91. The topological polar surface area (TPSA) is 86.3 Å². The Morgan fingerprint density at radius 3 is 2.69 bits per heavy atom. The summed E-state index contributed by atoms with van der Waals surface area (Å²) in [6.45, 7) is 2.62. The summed E-state index contributed by atoms with van der Waals surface area (Å²) in [5.41, 5.74) is 0.866. The first kappa shape index (κ1) is 20.5. The van der Waals surface area contributed by atoms with Gasteiger partial charge in [0.15, 0.2) is 3.95 Å². The Balaban J connectivity index is 2.10. The number of amides is 1. The number of H-pyrrole nitrogens is 1. The van der Waals surface area contributed by atoms with Crippen LogP contribution in [0, 0.1) is 3.95 Å². The van der Waals surface area contributed by atoms with Crippen molar-refractivity contribution in [2.45, 2.75) is 58.3 Å². The minimum Gasteiger partial charge on any atom is -0.481 e. The summed E-state index contributed by atoms with van der Waals surface area (Å²) in [6.07, 6.45) is 5.94. The molecular formula is C18H25N3O3S2. The second-order valence-electron chi connectivity index (χ2n) is 6.24. The third-order valence-corrected chi connectivity index (χ3v) is 5.26. The number of nitrogens with zero attached hydrogens (tertiary/aromatic N) is 2. The van der Waals surface area contributed by atoms with Gasteiger partial charge in [0.05, 0.1) is 5.52 Å². The van der Waals surface area contributed by atoms with Crippen molar-refractivity contribution in [1.82, 2.24) is 9.97 Å². The summed E-state index contributed by atoms with van der Waals surface area (Å²) in [6, 6.07) is 3.71. The predicted molar refractivity (Wildman–Crippen MR) is 107 cm³/mol. The Morgan fingerprint density at radius 1 is 1.19 bits per heavy atom. The molecule has 0 bridgehead atoms. The molecular weight excluding hydrogens is 370 g/mol. The normalized spacial score (nSPS) is 11.0. The highest BCUT2D eigenvalue weighted by molar-refractivity contribution is 7.73. The van der Waals surface area contributed by atoms with Crippen LogP contribution in [-0.4, -0.2) is 33.5 Å². The number of nitrogens with one attached hydrogen (secondary N) is 1. The second-order valence-corrected chi connectivity index (χ2v) is 7.91. The molecule has 0 aliphatic rings. The summed E-state index contributed by atoms with van der Waals surface area (Å²) < 4.78 is 0.656. The van der Waals surface area contributed by atoms with Gasteiger partial charge in [-0.3, -0.25) is 14.5 Å². The van der Waals surface area contributed by atoms with Gasteiger partial charge in [0.25, 0.3) is 0 Å². The monoisotopic (exact) mass is 395 g/mol. The van der Waals surface area contributed by atoms with Crippen LogP contribution in [-0.2, 0) is 9.59 Å². The number of anilines is 1. The molecule has 0 aliphatic heterocycles. The fraction of sp³-hybridized carbons (Fsp3) is 0.556. The number of rotatable bonds is 11. The van der Waals surface area contributed by atoms with Crippen molar-refractivity contribution in [3.63, 3.8) is 0 Å². The average molecular weight is 396 g/mol. The highest BCUT2D eigenvalue weighted by Gasteiger charge is 2.17. The molecule has 8 heteroatoms. The lowest BCUT2D eigenvalue weighted by Crippen LogP contribution is -2.32. The quantitative estimate of drug-likeness (QED) is 0.417. The fourth-order valence-electron chi connectivity index (χ4n) is 2.73. The van der Waals surface area contributed by atoms with Gasteiger partial charge in [0.2, 0.25) is 5.91 Å². The number of hydrogen-bond donors (Lipinski definition) is 2. The molecule has 142 valence electrons. The minimum absolute atomic E-state index is 0.0439. The van der Waals surface area contributed by atoms with Gasteiger partial charge in [-0.05, 0) is 43.6 Å². The van der Waals surface area contributed by atoms with E-state index in [1.165, 1.54) is 11.3 Å². The molecule has 6 nitrogen and oxygen atoms in total. The number of carbonyl (C=O) groups excluding carboxylic acids is 1. The molecule has 0 unspecified atom stereocenters. The fourth-order valence-corrected chi connectivity index (χ4v) is 3.78. The summed E-state index contributed by atoms with van der Waals surface area (Å²) in [7, 11) is 0. The third-order valence-electron chi connectivity index (χ3n) is 4.12. The van der Waals surface area contributed by atoms with E-state index in [4.69, 9.17) is 17.3 Å². The van der Waals surface area contributed by atoms with Crippen LogP contribution >= 0.6 is 23.6 Å². The number of carboxylic acid groups (broad SMARTS) is 1. The van der Waals surface area contributed by atoms with Crippen molar-refractivity contribution in [2.24, 2.45) is 0 Å². The molecule has 0 atom stereocenters. The average Bonchev–Trinajstić information content (AvgIpc) is 2.97. The van der Waals surface area contributed by atoms with E-state index in [-0.39, 0.29) is 12.3 Å². The molecule has 2 aromatic rings. The number of thiazole rings is 1. The number of aromatic amines is 1. The number of fused-ring (bicyclic) bond motifs is 1. The van der Waals surface area contributed by atoms with Gasteiger partial charge < -0.3 is 10.1 Å².